The minimum Gasteiger partial charge on any atom is -0.338 e. The zero-order valence-electron chi connectivity index (χ0n) is 9.48. The van der Waals surface area contributed by atoms with Crippen LogP contribution in [0.3, 0.4) is 0 Å². The number of hydrogen-bond donors (Lipinski definition) is 1. The van der Waals surface area contributed by atoms with Gasteiger partial charge in [-0.25, -0.2) is 0 Å². The predicted molar refractivity (Wildman–Crippen MR) is 59.4 cm³/mol. The highest BCUT2D eigenvalue weighted by Gasteiger charge is 2.36. The molecule has 0 aromatic rings. The molecule has 2 aliphatic heterocycles. The Morgan fingerprint density at radius 3 is 2.80 bits per heavy atom. The van der Waals surface area contributed by atoms with Crippen molar-refractivity contribution in [1.29, 1.82) is 0 Å². The van der Waals surface area contributed by atoms with Crippen LogP contribution in [0.4, 0.5) is 0 Å². The SMILES string of the molecule is CCN1CCC(N2CC(CN)CC2=O)C1. The molecule has 0 spiro atoms. The fraction of sp³-hybridized carbons (Fsp3) is 0.909. The lowest BCUT2D eigenvalue weighted by molar-refractivity contribution is -0.129. The monoisotopic (exact) mass is 211 g/mol. The maximum absolute atomic E-state index is 11.8. The summed E-state index contributed by atoms with van der Waals surface area (Å²) in [7, 11) is 0. The predicted octanol–water partition coefficient (Wildman–Crippen LogP) is -0.112. The minimum atomic E-state index is 0.313. The minimum absolute atomic E-state index is 0.313. The number of amides is 1. The van der Waals surface area contributed by atoms with E-state index in [0.29, 0.717) is 30.8 Å². The van der Waals surface area contributed by atoms with E-state index in [1.165, 1.54) is 0 Å². The Bertz CT molecular complexity index is 244. The summed E-state index contributed by atoms with van der Waals surface area (Å²) in [6, 6.07) is 0.453. The lowest BCUT2D eigenvalue weighted by atomic mass is 10.1. The topological polar surface area (TPSA) is 49.6 Å². The summed E-state index contributed by atoms with van der Waals surface area (Å²) in [5.41, 5.74) is 5.62. The third-order valence-corrected chi connectivity index (χ3v) is 3.71. The van der Waals surface area contributed by atoms with Gasteiger partial charge in [0.25, 0.3) is 0 Å². The number of rotatable bonds is 3. The van der Waals surface area contributed by atoms with E-state index in [0.717, 1.165) is 32.6 Å². The molecule has 4 heteroatoms. The van der Waals surface area contributed by atoms with Crippen LogP contribution in [-0.4, -0.2) is 54.5 Å². The summed E-state index contributed by atoms with van der Waals surface area (Å²) in [6.07, 6.45) is 1.80. The lowest BCUT2D eigenvalue weighted by Gasteiger charge is -2.24. The first-order valence-corrected chi connectivity index (χ1v) is 5.96. The summed E-state index contributed by atoms with van der Waals surface area (Å²) in [5.74, 6) is 0.710. The second kappa shape index (κ2) is 4.49. The second-order valence-electron chi connectivity index (χ2n) is 4.69. The van der Waals surface area contributed by atoms with Gasteiger partial charge < -0.3 is 15.5 Å². The fourth-order valence-electron chi connectivity index (χ4n) is 2.67. The number of nitrogens with zero attached hydrogens (tertiary/aromatic N) is 2. The van der Waals surface area contributed by atoms with Crippen LogP contribution in [0, 0.1) is 5.92 Å². The van der Waals surface area contributed by atoms with E-state index in [4.69, 9.17) is 5.73 Å². The Balaban J connectivity index is 1.92. The van der Waals surface area contributed by atoms with Crippen molar-refractivity contribution in [3.63, 3.8) is 0 Å². The smallest absolute Gasteiger partial charge is 0.223 e. The van der Waals surface area contributed by atoms with Crippen molar-refractivity contribution < 1.29 is 4.79 Å². The molecule has 0 aliphatic carbocycles. The molecule has 2 aliphatic rings. The molecule has 2 atom stereocenters. The molecule has 4 nitrogen and oxygen atoms in total. The van der Waals surface area contributed by atoms with E-state index in [9.17, 15) is 4.79 Å². The molecule has 0 bridgehead atoms. The summed E-state index contributed by atoms with van der Waals surface area (Å²) >= 11 is 0. The molecule has 2 heterocycles. The molecule has 2 unspecified atom stereocenters. The molecule has 1 amide bonds. The average Bonchev–Trinajstić information content (AvgIpc) is 2.83. The van der Waals surface area contributed by atoms with Crippen LogP contribution in [0.25, 0.3) is 0 Å². The van der Waals surface area contributed by atoms with Crippen molar-refractivity contribution in [3.05, 3.63) is 0 Å². The van der Waals surface area contributed by atoms with Gasteiger partial charge in [0.15, 0.2) is 0 Å². The summed E-state index contributed by atoms with van der Waals surface area (Å²) in [6.45, 7) is 7.00. The van der Waals surface area contributed by atoms with E-state index in [-0.39, 0.29) is 0 Å². The Labute approximate surface area is 91.4 Å². The molecule has 0 saturated carbocycles. The van der Waals surface area contributed by atoms with Crippen molar-refractivity contribution in [2.75, 3.05) is 32.7 Å². The van der Waals surface area contributed by atoms with Crippen molar-refractivity contribution in [1.82, 2.24) is 9.80 Å². The van der Waals surface area contributed by atoms with Gasteiger partial charge in [0, 0.05) is 32.1 Å². The molecule has 0 aromatic carbocycles. The van der Waals surface area contributed by atoms with Crippen LogP contribution in [-0.2, 0) is 4.79 Å². The fourth-order valence-corrected chi connectivity index (χ4v) is 2.67. The molecule has 2 saturated heterocycles. The van der Waals surface area contributed by atoms with Crippen LogP contribution in [0.5, 0.6) is 0 Å². The number of hydrogen-bond acceptors (Lipinski definition) is 3. The van der Waals surface area contributed by atoms with Crippen molar-refractivity contribution in [3.8, 4) is 0 Å². The quantitative estimate of drug-likeness (QED) is 0.708. The van der Waals surface area contributed by atoms with E-state index in [2.05, 4.69) is 16.7 Å². The Hall–Kier alpha value is -0.610. The molecule has 0 aromatic heterocycles. The first-order valence-electron chi connectivity index (χ1n) is 5.96. The van der Waals surface area contributed by atoms with Gasteiger partial charge >= 0.3 is 0 Å². The molecular formula is C11H21N3O. The summed E-state index contributed by atoms with van der Waals surface area (Å²) < 4.78 is 0. The standard InChI is InChI=1S/C11H21N3O/c1-2-13-4-3-10(8-13)14-7-9(6-12)5-11(14)15/h9-10H,2-8,12H2,1H3. The molecule has 2 rings (SSSR count). The van der Waals surface area contributed by atoms with E-state index >= 15 is 0 Å². The van der Waals surface area contributed by atoms with Gasteiger partial charge in [-0.1, -0.05) is 6.92 Å². The average molecular weight is 211 g/mol. The van der Waals surface area contributed by atoms with Gasteiger partial charge in [0.05, 0.1) is 0 Å². The zero-order valence-corrected chi connectivity index (χ0v) is 9.48. The third kappa shape index (κ3) is 2.16. The van der Waals surface area contributed by atoms with Gasteiger partial charge in [0.2, 0.25) is 5.91 Å². The molecule has 2 N–H and O–H groups in total. The maximum atomic E-state index is 11.8. The van der Waals surface area contributed by atoms with Crippen molar-refractivity contribution >= 4 is 5.91 Å². The van der Waals surface area contributed by atoms with E-state index < -0.39 is 0 Å². The van der Waals surface area contributed by atoms with Crippen LogP contribution in [0.15, 0.2) is 0 Å². The van der Waals surface area contributed by atoms with Crippen LogP contribution >= 0.6 is 0 Å². The highest BCUT2D eigenvalue weighted by atomic mass is 16.2. The number of carbonyl (C=O) groups excluding carboxylic acids is 1. The van der Waals surface area contributed by atoms with Gasteiger partial charge in [-0.15, -0.1) is 0 Å². The Morgan fingerprint density at radius 2 is 2.27 bits per heavy atom. The molecular weight excluding hydrogens is 190 g/mol. The van der Waals surface area contributed by atoms with Gasteiger partial charge in [-0.05, 0) is 25.4 Å². The van der Waals surface area contributed by atoms with Crippen LogP contribution in [0.1, 0.15) is 19.8 Å². The number of likely N-dealkylation sites (tertiary alicyclic amines) is 2. The Morgan fingerprint density at radius 1 is 1.47 bits per heavy atom. The second-order valence-corrected chi connectivity index (χ2v) is 4.69. The lowest BCUT2D eigenvalue weighted by Crippen LogP contribution is -2.39. The number of nitrogens with two attached hydrogens (primary N) is 1. The third-order valence-electron chi connectivity index (χ3n) is 3.71. The maximum Gasteiger partial charge on any atom is 0.223 e. The van der Waals surface area contributed by atoms with E-state index in [1.807, 2.05) is 0 Å². The van der Waals surface area contributed by atoms with Gasteiger partial charge in [0.1, 0.15) is 0 Å². The number of likely N-dealkylation sites (N-methyl/N-ethyl adjacent to an activating group) is 1. The normalized spacial score (nSPS) is 32.9. The summed E-state index contributed by atoms with van der Waals surface area (Å²) in [4.78, 5) is 16.3. The molecule has 86 valence electrons. The highest BCUT2D eigenvalue weighted by molar-refractivity contribution is 5.79. The van der Waals surface area contributed by atoms with Crippen LogP contribution < -0.4 is 5.73 Å². The zero-order chi connectivity index (χ0) is 10.8. The van der Waals surface area contributed by atoms with Crippen molar-refractivity contribution in [2.45, 2.75) is 25.8 Å². The Kier molecular flexibility index (Phi) is 3.26. The van der Waals surface area contributed by atoms with E-state index in [1.54, 1.807) is 0 Å². The summed E-state index contributed by atoms with van der Waals surface area (Å²) in [5, 5.41) is 0. The molecule has 15 heavy (non-hydrogen) atoms. The number of carbonyl (C=O) groups is 1. The van der Waals surface area contributed by atoms with Gasteiger partial charge in [-0.3, -0.25) is 4.79 Å². The van der Waals surface area contributed by atoms with Gasteiger partial charge in [-0.2, -0.15) is 0 Å². The molecule has 2 fully saturated rings. The molecule has 0 radical (unpaired) electrons. The largest absolute Gasteiger partial charge is 0.338 e. The van der Waals surface area contributed by atoms with Crippen molar-refractivity contribution in [2.24, 2.45) is 11.7 Å². The first kappa shape index (κ1) is 10.9. The highest BCUT2D eigenvalue weighted by Crippen LogP contribution is 2.24. The first-order chi connectivity index (χ1) is 7.24. The van der Waals surface area contributed by atoms with Crippen LogP contribution in [0.2, 0.25) is 0 Å².